The summed E-state index contributed by atoms with van der Waals surface area (Å²) in [6.45, 7) is 4.05. The first-order chi connectivity index (χ1) is 10.4. The molecule has 1 aliphatic rings. The van der Waals surface area contributed by atoms with Crippen LogP contribution in [-0.2, 0) is 0 Å². The summed E-state index contributed by atoms with van der Waals surface area (Å²) < 4.78 is 5.80. The van der Waals surface area contributed by atoms with Crippen LogP contribution in [0.25, 0.3) is 0 Å². The fourth-order valence-electron chi connectivity index (χ4n) is 2.47. The predicted octanol–water partition coefficient (Wildman–Crippen LogP) is 4.38. The van der Waals surface area contributed by atoms with Crippen molar-refractivity contribution in [3.63, 3.8) is 0 Å². The lowest BCUT2D eigenvalue weighted by molar-refractivity contribution is 0.276. The number of unbranched alkanes of at least 4 members (excludes halogenated alkanes) is 4. The Balaban J connectivity index is 0.00000242. The van der Waals surface area contributed by atoms with Crippen molar-refractivity contribution in [2.45, 2.75) is 57.9 Å². The lowest BCUT2D eigenvalue weighted by Crippen LogP contribution is -2.28. The number of ether oxygens (including phenoxy) is 1. The van der Waals surface area contributed by atoms with E-state index in [2.05, 4.69) is 29.1 Å². The van der Waals surface area contributed by atoms with Crippen LogP contribution in [0.2, 0.25) is 0 Å². The number of pyridine rings is 1. The first-order valence-corrected chi connectivity index (χ1v) is 8.18. The SMILES string of the molecule is CCCCCCC#Cc1cncc(OC[C@H]2CCCN2)c1.Cl.Cl. The molecule has 1 aromatic rings. The Hall–Kier alpha value is -0.950. The van der Waals surface area contributed by atoms with E-state index in [1.807, 2.05) is 6.07 Å². The zero-order valence-corrected chi connectivity index (χ0v) is 15.5. The zero-order chi connectivity index (χ0) is 14.8. The van der Waals surface area contributed by atoms with Crippen LogP contribution >= 0.6 is 24.8 Å². The molecular weight excluding hydrogens is 331 g/mol. The molecule has 1 aliphatic heterocycles. The maximum absolute atomic E-state index is 5.80. The van der Waals surface area contributed by atoms with E-state index in [9.17, 15) is 0 Å². The Morgan fingerprint density at radius 3 is 2.87 bits per heavy atom. The van der Waals surface area contributed by atoms with Gasteiger partial charge in [0.1, 0.15) is 12.4 Å². The molecule has 1 N–H and O–H groups in total. The summed E-state index contributed by atoms with van der Waals surface area (Å²) in [5.74, 6) is 7.23. The Morgan fingerprint density at radius 1 is 1.26 bits per heavy atom. The summed E-state index contributed by atoms with van der Waals surface area (Å²) >= 11 is 0. The highest BCUT2D eigenvalue weighted by molar-refractivity contribution is 5.85. The van der Waals surface area contributed by atoms with Gasteiger partial charge in [-0.25, -0.2) is 0 Å². The molecule has 0 bridgehead atoms. The molecule has 2 heterocycles. The average Bonchev–Trinajstić information content (AvgIpc) is 3.03. The van der Waals surface area contributed by atoms with Crippen LogP contribution in [0.3, 0.4) is 0 Å². The summed E-state index contributed by atoms with van der Waals surface area (Å²) in [5.41, 5.74) is 0.947. The van der Waals surface area contributed by atoms with Crippen molar-refractivity contribution in [1.29, 1.82) is 0 Å². The number of hydrogen-bond donors (Lipinski definition) is 1. The molecule has 130 valence electrons. The van der Waals surface area contributed by atoms with E-state index in [0.717, 1.165) is 30.9 Å². The van der Waals surface area contributed by atoms with Crippen molar-refractivity contribution in [3.05, 3.63) is 24.0 Å². The number of nitrogens with zero attached hydrogens (tertiary/aromatic N) is 1. The molecule has 1 atom stereocenters. The Morgan fingerprint density at radius 2 is 2.13 bits per heavy atom. The highest BCUT2D eigenvalue weighted by Gasteiger charge is 2.14. The van der Waals surface area contributed by atoms with Gasteiger partial charge in [-0.2, -0.15) is 0 Å². The van der Waals surface area contributed by atoms with Gasteiger partial charge in [-0.3, -0.25) is 4.98 Å². The Bertz CT molecular complexity index is 479. The third-order valence-electron chi connectivity index (χ3n) is 3.71. The molecule has 0 amide bonds. The largest absolute Gasteiger partial charge is 0.490 e. The monoisotopic (exact) mass is 358 g/mol. The fourth-order valence-corrected chi connectivity index (χ4v) is 2.47. The minimum Gasteiger partial charge on any atom is -0.490 e. The van der Waals surface area contributed by atoms with Gasteiger partial charge in [-0.15, -0.1) is 24.8 Å². The molecule has 0 radical (unpaired) electrons. The second-order valence-electron chi connectivity index (χ2n) is 5.63. The van der Waals surface area contributed by atoms with Gasteiger partial charge >= 0.3 is 0 Å². The summed E-state index contributed by atoms with van der Waals surface area (Å²) in [5, 5.41) is 3.43. The second kappa shape index (κ2) is 13.5. The average molecular weight is 359 g/mol. The van der Waals surface area contributed by atoms with Gasteiger partial charge in [0.15, 0.2) is 0 Å². The number of halogens is 2. The number of nitrogens with one attached hydrogen (secondary N) is 1. The van der Waals surface area contributed by atoms with E-state index in [1.54, 1.807) is 12.4 Å². The van der Waals surface area contributed by atoms with Crippen molar-refractivity contribution < 1.29 is 4.74 Å². The first kappa shape index (κ1) is 22.1. The molecule has 0 aliphatic carbocycles. The summed E-state index contributed by atoms with van der Waals surface area (Å²) in [6.07, 6.45) is 12.0. The summed E-state index contributed by atoms with van der Waals surface area (Å²) in [7, 11) is 0. The Kier molecular flexibility index (Phi) is 12.9. The second-order valence-corrected chi connectivity index (χ2v) is 5.63. The summed E-state index contributed by atoms with van der Waals surface area (Å²) in [4.78, 5) is 4.21. The van der Waals surface area contributed by atoms with Gasteiger partial charge in [0.25, 0.3) is 0 Å². The van der Waals surface area contributed by atoms with Crippen LogP contribution in [0.4, 0.5) is 0 Å². The van der Waals surface area contributed by atoms with E-state index in [1.165, 1.54) is 38.5 Å². The van der Waals surface area contributed by atoms with Gasteiger partial charge in [-0.05, 0) is 31.9 Å². The molecule has 0 aromatic carbocycles. The highest BCUT2D eigenvalue weighted by Crippen LogP contribution is 2.13. The van der Waals surface area contributed by atoms with Crippen molar-refractivity contribution in [2.24, 2.45) is 0 Å². The van der Waals surface area contributed by atoms with Gasteiger partial charge in [0, 0.05) is 24.2 Å². The first-order valence-electron chi connectivity index (χ1n) is 8.18. The molecule has 0 saturated carbocycles. The molecule has 3 nitrogen and oxygen atoms in total. The van der Waals surface area contributed by atoms with E-state index < -0.39 is 0 Å². The van der Waals surface area contributed by atoms with Gasteiger partial charge in [-0.1, -0.05) is 38.0 Å². The maximum atomic E-state index is 5.80. The van der Waals surface area contributed by atoms with Crippen LogP contribution in [-0.4, -0.2) is 24.2 Å². The third-order valence-corrected chi connectivity index (χ3v) is 3.71. The molecule has 2 rings (SSSR count). The van der Waals surface area contributed by atoms with E-state index in [4.69, 9.17) is 4.74 Å². The summed E-state index contributed by atoms with van der Waals surface area (Å²) in [6, 6.07) is 2.47. The lowest BCUT2D eigenvalue weighted by atomic mass is 10.1. The molecule has 1 saturated heterocycles. The molecule has 0 spiro atoms. The molecule has 0 unspecified atom stereocenters. The molecule has 1 fully saturated rings. The van der Waals surface area contributed by atoms with Crippen LogP contribution in [0.1, 0.15) is 57.4 Å². The van der Waals surface area contributed by atoms with Crippen molar-refractivity contribution in [2.75, 3.05) is 13.2 Å². The fraction of sp³-hybridized carbons (Fsp3) is 0.611. The number of rotatable bonds is 7. The van der Waals surface area contributed by atoms with E-state index >= 15 is 0 Å². The van der Waals surface area contributed by atoms with E-state index in [-0.39, 0.29) is 24.8 Å². The number of aromatic nitrogens is 1. The minimum atomic E-state index is 0. The molecule has 23 heavy (non-hydrogen) atoms. The van der Waals surface area contributed by atoms with Crippen LogP contribution in [0, 0.1) is 11.8 Å². The van der Waals surface area contributed by atoms with Crippen LogP contribution in [0.15, 0.2) is 18.5 Å². The van der Waals surface area contributed by atoms with Gasteiger partial charge < -0.3 is 10.1 Å². The number of hydrogen-bond acceptors (Lipinski definition) is 3. The minimum absolute atomic E-state index is 0. The van der Waals surface area contributed by atoms with Crippen molar-refractivity contribution in [3.8, 4) is 17.6 Å². The lowest BCUT2D eigenvalue weighted by Gasteiger charge is -2.11. The quantitative estimate of drug-likeness (QED) is 0.580. The normalized spacial score (nSPS) is 15.8. The molecule has 1 aromatic heterocycles. The highest BCUT2D eigenvalue weighted by atomic mass is 35.5. The van der Waals surface area contributed by atoms with Crippen LogP contribution < -0.4 is 10.1 Å². The topological polar surface area (TPSA) is 34.1 Å². The van der Waals surface area contributed by atoms with Crippen LogP contribution in [0.5, 0.6) is 5.75 Å². The molecular formula is C18H28Cl2N2O. The standard InChI is InChI=1S/C18H26N2O.2ClH/c1-2-3-4-5-6-7-9-16-12-18(14-19-13-16)21-15-17-10-8-11-20-17;;/h12-14,17,20H,2-6,8,10-11,15H2,1H3;2*1H/t17-;;/m1../s1. The van der Waals surface area contributed by atoms with Crippen molar-refractivity contribution in [1.82, 2.24) is 10.3 Å². The Labute approximate surface area is 152 Å². The zero-order valence-electron chi connectivity index (χ0n) is 13.8. The predicted molar refractivity (Wildman–Crippen MR) is 101 cm³/mol. The maximum Gasteiger partial charge on any atom is 0.138 e. The van der Waals surface area contributed by atoms with Gasteiger partial charge in [0.05, 0.1) is 6.20 Å². The third kappa shape index (κ3) is 9.05. The smallest absolute Gasteiger partial charge is 0.138 e. The van der Waals surface area contributed by atoms with E-state index in [0.29, 0.717) is 6.04 Å². The van der Waals surface area contributed by atoms with Gasteiger partial charge in [0.2, 0.25) is 0 Å². The van der Waals surface area contributed by atoms with Crippen molar-refractivity contribution >= 4 is 24.8 Å². The molecule has 5 heteroatoms.